The van der Waals surface area contributed by atoms with E-state index in [0.717, 1.165) is 19.8 Å². The normalized spacial score (nSPS) is 29.7. The molecule has 2 heteroatoms. The van der Waals surface area contributed by atoms with E-state index in [2.05, 4.69) is 6.92 Å². The minimum atomic E-state index is 0.634. The number of hydrogen-bond donors (Lipinski definition) is 0. The zero-order valence-electron chi connectivity index (χ0n) is 5.93. The number of rotatable bonds is 1. The highest BCUT2D eigenvalue weighted by atomic mass is 16.6. The van der Waals surface area contributed by atoms with Crippen molar-refractivity contribution in [2.24, 2.45) is 0 Å². The van der Waals surface area contributed by atoms with Gasteiger partial charge in [0.05, 0.1) is 12.7 Å². The van der Waals surface area contributed by atoms with E-state index < -0.39 is 0 Å². The van der Waals surface area contributed by atoms with Gasteiger partial charge in [-0.05, 0) is 12.8 Å². The van der Waals surface area contributed by atoms with Crippen LogP contribution in [-0.4, -0.2) is 25.9 Å². The first kappa shape index (κ1) is 7.03. The lowest BCUT2D eigenvalue weighted by Crippen LogP contribution is -2.09. The highest BCUT2D eigenvalue weighted by molar-refractivity contribution is 4.64. The van der Waals surface area contributed by atoms with Gasteiger partial charge < -0.3 is 9.47 Å². The highest BCUT2D eigenvalue weighted by Crippen LogP contribution is 2.10. The first-order chi connectivity index (χ1) is 4.43. The Morgan fingerprint density at radius 2 is 1.89 bits per heavy atom. The molecular weight excluding hydrogens is 116 g/mol. The lowest BCUT2D eigenvalue weighted by molar-refractivity contribution is 0.0367. The van der Waals surface area contributed by atoms with Crippen LogP contribution in [0.1, 0.15) is 19.8 Å². The predicted molar refractivity (Wildman–Crippen MR) is 35.5 cm³/mol. The van der Waals surface area contributed by atoms with Crippen LogP contribution in [0.5, 0.6) is 0 Å². The predicted octanol–water partition coefficient (Wildman–Crippen LogP) is 1.20. The molecular formula is C7H14O2. The minimum absolute atomic E-state index is 0.634. The fourth-order valence-corrected chi connectivity index (χ4v) is 0.448. The Morgan fingerprint density at radius 1 is 1.44 bits per heavy atom. The second kappa shape index (κ2) is 3.85. The van der Waals surface area contributed by atoms with Gasteiger partial charge in [0.1, 0.15) is 0 Å². The van der Waals surface area contributed by atoms with Gasteiger partial charge in [-0.1, -0.05) is 6.92 Å². The molecule has 2 saturated heterocycles. The minimum Gasteiger partial charge on any atom is -0.381 e. The standard InChI is InChI=1S/C4H8O.C3H6O/c1-2-4-3-5-4;1-2-4-3-1/h4H,2-3H2,1H3;1-3H2. The third-order valence-electron chi connectivity index (χ3n) is 1.44. The molecule has 1 unspecified atom stereocenters. The Bertz CT molecular complexity index is 61.3. The molecule has 2 nitrogen and oxygen atoms in total. The summed E-state index contributed by atoms with van der Waals surface area (Å²) in [7, 11) is 0. The van der Waals surface area contributed by atoms with Crippen molar-refractivity contribution in [2.75, 3.05) is 19.8 Å². The van der Waals surface area contributed by atoms with Gasteiger partial charge in [0.15, 0.2) is 0 Å². The quantitative estimate of drug-likeness (QED) is 0.497. The molecule has 2 aliphatic heterocycles. The second-order valence-corrected chi connectivity index (χ2v) is 2.33. The summed E-state index contributed by atoms with van der Waals surface area (Å²) >= 11 is 0. The Morgan fingerprint density at radius 3 is 1.89 bits per heavy atom. The molecule has 2 heterocycles. The van der Waals surface area contributed by atoms with E-state index >= 15 is 0 Å². The fourth-order valence-electron chi connectivity index (χ4n) is 0.448. The molecule has 0 amide bonds. The molecule has 0 radical (unpaired) electrons. The molecule has 0 saturated carbocycles. The van der Waals surface area contributed by atoms with Gasteiger partial charge in [-0.2, -0.15) is 0 Å². The number of ether oxygens (including phenoxy) is 2. The zero-order valence-corrected chi connectivity index (χ0v) is 5.93. The molecule has 2 fully saturated rings. The summed E-state index contributed by atoms with van der Waals surface area (Å²) in [5.74, 6) is 0. The van der Waals surface area contributed by atoms with Crippen molar-refractivity contribution in [3.8, 4) is 0 Å². The molecule has 0 aliphatic carbocycles. The van der Waals surface area contributed by atoms with Crippen molar-refractivity contribution in [2.45, 2.75) is 25.9 Å². The third kappa shape index (κ3) is 3.49. The first-order valence-corrected chi connectivity index (χ1v) is 3.63. The molecule has 0 aromatic heterocycles. The van der Waals surface area contributed by atoms with Crippen LogP contribution in [0.15, 0.2) is 0 Å². The molecule has 0 bridgehead atoms. The first-order valence-electron chi connectivity index (χ1n) is 3.63. The summed E-state index contributed by atoms with van der Waals surface area (Å²) in [6.07, 6.45) is 3.11. The summed E-state index contributed by atoms with van der Waals surface area (Å²) in [6.45, 7) is 5.15. The van der Waals surface area contributed by atoms with Crippen LogP contribution < -0.4 is 0 Å². The smallest absolute Gasteiger partial charge is 0.0807 e. The maximum Gasteiger partial charge on any atom is 0.0807 e. The molecule has 0 spiro atoms. The van der Waals surface area contributed by atoms with E-state index in [0.29, 0.717) is 6.10 Å². The van der Waals surface area contributed by atoms with Gasteiger partial charge in [-0.15, -0.1) is 0 Å². The van der Waals surface area contributed by atoms with Crippen LogP contribution in [0.3, 0.4) is 0 Å². The van der Waals surface area contributed by atoms with Gasteiger partial charge in [-0.25, -0.2) is 0 Å². The molecule has 2 aliphatic rings. The largest absolute Gasteiger partial charge is 0.381 e. The zero-order chi connectivity index (χ0) is 6.53. The summed E-state index contributed by atoms with van der Waals surface area (Å²) in [4.78, 5) is 0. The summed E-state index contributed by atoms with van der Waals surface area (Å²) in [5, 5.41) is 0. The molecule has 0 aromatic carbocycles. The number of hydrogen-bond acceptors (Lipinski definition) is 2. The average molecular weight is 130 g/mol. The fraction of sp³-hybridized carbons (Fsp3) is 1.00. The van der Waals surface area contributed by atoms with Crippen LogP contribution in [0.25, 0.3) is 0 Å². The summed E-state index contributed by atoms with van der Waals surface area (Å²) in [6, 6.07) is 0. The van der Waals surface area contributed by atoms with Crippen molar-refractivity contribution < 1.29 is 9.47 Å². The van der Waals surface area contributed by atoms with Crippen molar-refractivity contribution in [1.82, 2.24) is 0 Å². The molecule has 9 heavy (non-hydrogen) atoms. The Kier molecular flexibility index (Phi) is 3.01. The Hall–Kier alpha value is -0.0800. The van der Waals surface area contributed by atoms with Gasteiger partial charge in [0, 0.05) is 13.2 Å². The van der Waals surface area contributed by atoms with Gasteiger partial charge >= 0.3 is 0 Å². The van der Waals surface area contributed by atoms with Crippen LogP contribution in [0.2, 0.25) is 0 Å². The second-order valence-electron chi connectivity index (χ2n) is 2.33. The van der Waals surface area contributed by atoms with Crippen molar-refractivity contribution in [3.05, 3.63) is 0 Å². The molecule has 0 N–H and O–H groups in total. The summed E-state index contributed by atoms with van der Waals surface area (Å²) < 4.78 is 9.58. The van der Waals surface area contributed by atoms with Gasteiger partial charge in [-0.3, -0.25) is 0 Å². The molecule has 54 valence electrons. The van der Waals surface area contributed by atoms with Gasteiger partial charge in [0.25, 0.3) is 0 Å². The van der Waals surface area contributed by atoms with Crippen LogP contribution in [0.4, 0.5) is 0 Å². The highest BCUT2D eigenvalue weighted by Gasteiger charge is 2.18. The van der Waals surface area contributed by atoms with E-state index in [1.807, 2.05) is 0 Å². The molecule has 1 atom stereocenters. The van der Waals surface area contributed by atoms with E-state index in [1.165, 1.54) is 12.8 Å². The van der Waals surface area contributed by atoms with E-state index in [4.69, 9.17) is 9.47 Å². The van der Waals surface area contributed by atoms with E-state index in [-0.39, 0.29) is 0 Å². The molecule has 0 aromatic rings. The van der Waals surface area contributed by atoms with E-state index in [1.54, 1.807) is 0 Å². The van der Waals surface area contributed by atoms with Crippen LogP contribution in [-0.2, 0) is 9.47 Å². The van der Waals surface area contributed by atoms with E-state index in [9.17, 15) is 0 Å². The number of epoxide rings is 1. The monoisotopic (exact) mass is 130 g/mol. The van der Waals surface area contributed by atoms with Crippen molar-refractivity contribution in [1.29, 1.82) is 0 Å². The molecule has 2 rings (SSSR count). The lowest BCUT2D eigenvalue weighted by atomic mass is 10.4. The third-order valence-corrected chi connectivity index (χ3v) is 1.44. The van der Waals surface area contributed by atoms with Crippen molar-refractivity contribution >= 4 is 0 Å². The van der Waals surface area contributed by atoms with Gasteiger partial charge in [0.2, 0.25) is 0 Å². The SMILES string of the molecule is C1COC1.CCC1CO1. The Balaban J connectivity index is 0.0000000922. The lowest BCUT2D eigenvalue weighted by Gasteiger charge is -2.09. The topological polar surface area (TPSA) is 21.8 Å². The van der Waals surface area contributed by atoms with Crippen molar-refractivity contribution in [3.63, 3.8) is 0 Å². The van der Waals surface area contributed by atoms with Crippen LogP contribution in [0, 0.1) is 0 Å². The maximum absolute atomic E-state index is 4.86. The maximum atomic E-state index is 4.86. The van der Waals surface area contributed by atoms with Crippen LogP contribution >= 0.6 is 0 Å². The average Bonchev–Trinajstić information content (AvgIpc) is 2.39. The summed E-state index contributed by atoms with van der Waals surface area (Å²) in [5.41, 5.74) is 0. The Labute approximate surface area is 56.2 Å².